The zero-order valence-corrected chi connectivity index (χ0v) is 11.5. The Kier molecular flexibility index (Phi) is 3.79. The van der Waals surface area contributed by atoms with E-state index in [1.165, 1.54) is 12.6 Å². The highest BCUT2D eigenvalue weighted by molar-refractivity contribution is 7.89. The Morgan fingerprint density at radius 3 is 2.67 bits per heavy atom. The summed E-state index contributed by atoms with van der Waals surface area (Å²) in [6, 6.07) is 1.59. The first-order valence-electron chi connectivity index (χ1n) is 6.38. The van der Waals surface area contributed by atoms with E-state index in [1.807, 2.05) is 0 Å². The zero-order chi connectivity index (χ0) is 13.2. The smallest absolute Gasteiger partial charge is 0.242 e. The van der Waals surface area contributed by atoms with Crippen molar-refractivity contribution in [2.24, 2.45) is 11.1 Å². The summed E-state index contributed by atoms with van der Waals surface area (Å²) in [6.07, 6.45) is 5.96. The SMILES string of the molecule is CCC1(CNS(=O)(=O)c2c[nH]c(CN)c2)CCC1. The lowest BCUT2D eigenvalue weighted by Gasteiger charge is -2.41. The number of aromatic nitrogens is 1. The number of aromatic amines is 1. The van der Waals surface area contributed by atoms with Crippen molar-refractivity contribution in [1.82, 2.24) is 9.71 Å². The van der Waals surface area contributed by atoms with Gasteiger partial charge in [0.1, 0.15) is 0 Å². The van der Waals surface area contributed by atoms with Gasteiger partial charge in [-0.05, 0) is 30.7 Å². The molecule has 0 aliphatic heterocycles. The number of hydrogen-bond acceptors (Lipinski definition) is 3. The summed E-state index contributed by atoms with van der Waals surface area (Å²) in [7, 11) is -3.41. The average Bonchev–Trinajstić information content (AvgIpc) is 2.77. The molecule has 4 N–H and O–H groups in total. The molecule has 1 aliphatic carbocycles. The van der Waals surface area contributed by atoms with E-state index in [2.05, 4.69) is 16.6 Å². The molecule has 6 heteroatoms. The van der Waals surface area contributed by atoms with Crippen molar-refractivity contribution in [3.05, 3.63) is 18.0 Å². The largest absolute Gasteiger partial charge is 0.363 e. The predicted molar refractivity (Wildman–Crippen MR) is 70.4 cm³/mol. The Labute approximate surface area is 108 Å². The van der Waals surface area contributed by atoms with Crippen molar-refractivity contribution in [2.75, 3.05) is 6.54 Å². The third-order valence-corrected chi connectivity index (χ3v) is 5.43. The molecule has 0 unspecified atom stereocenters. The van der Waals surface area contributed by atoms with Gasteiger partial charge in [-0.15, -0.1) is 0 Å². The van der Waals surface area contributed by atoms with E-state index in [9.17, 15) is 8.42 Å². The van der Waals surface area contributed by atoms with Crippen LogP contribution in [0.15, 0.2) is 17.2 Å². The van der Waals surface area contributed by atoms with Crippen molar-refractivity contribution >= 4 is 10.0 Å². The number of H-pyrrole nitrogens is 1. The van der Waals surface area contributed by atoms with Crippen LogP contribution in [-0.2, 0) is 16.6 Å². The summed E-state index contributed by atoms with van der Waals surface area (Å²) in [5.74, 6) is 0. The molecule has 5 nitrogen and oxygen atoms in total. The predicted octanol–water partition coefficient (Wildman–Crippen LogP) is 1.33. The van der Waals surface area contributed by atoms with Crippen molar-refractivity contribution in [3.8, 4) is 0 Å². The summed E-state index contributed by atoms with van der Waals surface area (Å²) in [6.45, 7) is 2.97. The molecule has 1 heterocycles. The highest BCUT2D eigenvalue weighted by atomic mass is 32.2. The minimum absolute atomic E-state index is 0.181. The second kappa shape index (κ2) is 5.03. The number of hydrogen-bond donors (Lipinski definition) is 3. The van der Waals surface area contributed by atoms with Gasteiger partial charge in [-0.2, -0.15) is 0 Å². The van der Waals surface area contributed by atoms with Gasteiger partial charge in [0.25, 0.3) is 0 Å². The molecule has 2 rings (SSSR count). The fraction of sp³-hybridized carbons (Fsp3) is 0.667. The van der Waals surface area contributed by atoms with Crippen LogP contribution in [0.1, 0.15) is 38.3 Å². The van der Waals surface area contributed by atoms with E-state index in [0.717, 1.165) is 25.0 Å². The van der Waals surface area contributed by atoms with E-state index in [0.29, 0.717) is 13.1 Å². The standard InChI is InChI=1S/C12H21N3O2S/c1-2-12(4-3-5-12)9-15-18(16,17)11-6-10(7-13)14-8-11/h6,8,14-15H,2-5,7,9,13H2,1H3. The maximum atomic E-state index is 12.1. The molecule has 0 amide bonds. The molecule has 0 atom stereocenters. The van der Waals surface area contributed by atoms with Crippen molar-refractivity contribution < 1.29 is 8.42 Å². The fourth-order valence-corrected chi connectivity index (χ4v) is 3.53. The summed E-state index contributed by atoms with van der Waals surface area (Å²) in [5.41, 5.74) is 6.36. The van der Waals surface area contributed by atoms with Crippen LogP contribution in [0.3, 0.4) is 0 Å². The Morgan fingerprint density at radius 1 is 1.50 bits per heavy atom. The first-order chi connectivity index (χ1) is 8.51. The molecule has 1 aliphatic rings. The van der Waals surface area contributed by atoms with Gasteiger partial charge in [0.05, 0.1) is 4.90 Å². The van der Waals surface area contributed by atoms with Crippen LogP contribution in [0.5, 0.6) is 0 Å². The van der Waals surface area contributed by atoms with Crippen LogP contribution in [0, 0.1) is 5.41 Å². The average molecular weight is 271 g/mol. The molecule has 1 saturated carbocycles. The highest BCUT2D eigenvalue weighted by Crippen LogP contribution is 2.43. The fourth-order valence-electron chi connectivity index (χ4n) is 2.36. The van der Waals surface area contributed by atoms with Gasteiger partial charge in [-0.3, -0.25) is 0 Å². The molecule has 1 aromatic rings. The minimum atomic E-state index is -3.41. The Balaban J connectivity index is 2.03. The van der Waals surface area contributed by atoms with E-state index >= 15 is 0 Å². The molecule has 0 spiro atoms. The first kappa shape index (κ1) is 13.6. The molecule has 102 valence electrons. The molecule has 0 radical (unpaired) electrons. The lowest BCUT2D eigenvalue weighted by molar-refractivity contribution is 0.133. The third-order valence-electron chi connectivity index (χ3n) is 4.05. The molecule has 0 aromatic carbocycles. The van der Waals surface area contributed by atoms with Gasteiger partial charge in [0.2, 0.25) is 10.0 Å². The normalized spacial score (nSPS) is 18.6. The number of sulfonamides is 1. The maximum Gasteiger partial charge on any atom is 0.242 e. The number of rotatable bonds is 6. The second-order valence-corrected chi connectivity index (χ2v) is 6.86. The summed E-state index contributed by atoms with van der Waals surface area (Å²) in [4.78, 5) is 3.13. The number of nitrogens with two attached hydrogens (primary N) is 1. The van der Waals surface area contributed by atoms with Gasteiger partial charge in [-0.1, -0.05) is 13.3 Å². The second-order valence-electron chi connectivity index (χ2n) is 5.10. The van der Waals surface area contributed by atoms with Crippen LogP contribution >= 0.6 is 0 Å². The summed E-state index contributed by atoms with van der Waals surface area (Å²) >= 11 is 0. The van der Waals surface area contributed by atoms with Crippen LogP contribution in [-0.4, -0.2) is 19.9 Å². The van der Waals surface area contributed by atoms with Gasteiger partial charge in [0.15, 0.2) is 0 Å². The van der Waals surface area contributed by atoms with Crippen molar-refractivity contribution in [3.63, 3.8) is 0 Å². The van der Waals surface area contributed by atoms with Crippen LogP contribution < -0.4 is 10.5 Å². The van der Waals surface area contributed by atoms with Gasteiger partial charge >= 0.3 is 0 Å². The molecule has 1 aromatic heterocycles. The van der Waals surface area contributed by atoms with Crippen LogP contribution in [0.25, 0.3) is 0 Å². The van der Waals surface area contributed by atoms with Crippen molar-refractivity contribution in [2.45, 2.75) is 44.0 Å². The Hall–Kier alpha value is -0.850. The zero-order valence-electron chi connectivity index (χ0n) is 10.7. The van der Waals surface area contributed by atoms with Gasteiger partial charge in [-0.25, -0.2) is 13.1 Å². The highest BCUT2D eigenvalue weighted by Gasteiger charge is 2.36. The van der Waals surface area contributed by atoms with Gasteiger partial charge < -0.3 is 10.7 Å². The lowest BCUT2D eigenvalue weighted by Crippen LogP contribution is -2.41. The van der Waals surface area contributed by atoms with E-state index in [-0.39, 0.29) is 10.3 Å². The molecule has 0 saturated heterocycles. The van der Waals surface area contributed by atoms with Crippen LogP contribution in [0.2, 0.25) is 0 Å². The Morgan fingerprint density at radius 2 is 2.22 bits per heavy atom. The van der Waals surface area contributed by atoms with E-state index in [4.69, 9.17) is 5.73 Å². The molecule has 0 bridgehead atoms. The summed E-state index contributed by atoms with van der Waals surface area (Å²) in [5, 5.41) is 0. The molecular formula is C12H21N3O2S. The lowest BCUT2D eigenvalue weighted by atomic mass is 9.67. The summed E-state index contributed by atoms with van der Waals surface area (Å²) < 4.78 is 26.9. The molecular weight excluding hydrogens is 250 g/mol. The topological polar surface area (TPSA) is 88.0 Å². The first-order valence-corrected chi connectivity index (χ1v) is 7.87. The molecule has 18 heavy (non-hydrogen) atoms. The van der Waals surface area contributed by atoms with E-state index in [1.54, 1.807) is 6.07 Å². The van der Waals surface area contributed by atoms with Gasteiger partial charge in [0, 0.05) is 25.0 Å². The maximum absolute atomic E-state index is 12.1. The molecule has 1 fully saturated rings. The quantitative estimate of drug-likeness (QED) is 0.729. The third kappa shape index (κ3) is 2.60. The van der Waals surface area contributed by atoms with Crippen LogP contribution in [0.4, 0.5) is 0 Å². The van der Waals surface area contributed by atoms with Crippen molar-refractivity contribution in [1.29, 1.82) is 0 Å². The van der Waals surface area contributed by atoms with E-state index < -0.39 is 10.0 Å². The minimum Gasteiger partial charge on any atom is -0.363 e. The number of nitrogens with one attached hydrogen (secondary N) is 2. The monoisotopic (exact) mass is 271 g/mol. The Bertz CT molecular complexity index is 498.